The molecule has 1 aliphatic rings. The Hall–Kier alpha value is -3.64. The lowest BCUT2D eigenvalue weighted by molar-refractivity contribution is -0.141. The molecule has 6 nitrogen and oxygen atoms in total. The van der Waals surface area contributed by atoms with Gasteiger partial charge in [0.05, 0.1) is 0 Å². The topological polar surface area (TPSA) is 89.9 Å². The molecular formula is C31H36N2O4. The lowest BCUT2D eigenvalue weighted by atomic mass is 9.68. The number of benzene rings is 3. The summed E-state index contributed by atoms with van der Waals surface area (Å²) in [5, 5.41) is 22.3. The van der Waals surface area contributed by atoms with Gasteiger partial charge < -0.3 is 20.4 Å². The minimum absolute atomic E-state index is 0.0397. The Morgan fingerprint density at radius 3 is 2.38 bits per heavy atom. The number of aliphatic carboxylic acids is 1. The number of carboxylic acid groups (broad SMARTS) is 1. The van der Waals surface area contributed by atoms with Crippen molar-refractivity contribution < 1.29 is 19.8 Å². The first-order chi connectivity index (χ1) is 17.7. The molecular weight excluding hydrogens is 464 g/mol. The number of piperidine rings is 1. The summed E-state index contributed by atoms with van der Waals surface area (Å²) in [6.45, 7) is 6.72. The molecule has 194 valence electrons. The van der Waals surface area contributed by atoms with Gasteiger partial charge in [-0.3, -0.25) is 4.79 Å². The van der Waals surface area contributed by atoms with Crippen molar-refractivity contribution in [3.63, 3.8) is 0 Å². The molecule has 6 heteroatoms. The third-order valence-corrected chi connectivity index (χ3v) is 7.86. The van der Waals surface area contributed by atoms with Crippen LogP contribution in [0.15, 0.2) is 78.9 Å². The van der Waals surface area contributed by atoms with Crippen LogP contribution in [0.25, 0.3) is 11.1 Å². The Balaban J connectivity index is 1.28. The highest BCUT2D eigenvalue weighted by Crippen LogP contribution is 2.40. The third kappa shape index (κ3) is 6.57. The highest BCUT2D eigenvalue weighted by molar-refractivity contribution is 5.83. The van der Waals surface area contributed by atoms with E-state index in [0.717, 1.165) is 41.8 Å². The molecule has 0 spiro atoms. The van der Waals surface area contributed by atoms with E-state index in [1.54, 1.807) is 6.07 Å². The molecule has 0 bridgehead atoms. The van der Waals surface area contributed by atoms with Gasteiger partial charge >= 0.3 is 5.97 Å². The maximum Gasteiger partial charge on any atom is 0.326 e. The number of phenolic OH excluding ortho intramolecular Hbond substituents is 1. The number of amides is 1. The summed E-state index contributed by atoms with van der Waals surface area (Å²) in [4.78, 5) is 26.8. The highest BCUT2D eigenvalue weighted by atomic mass is 16.4. The Labute approximate surface area is 219 Å². The molecule has 1 saturated heterocycles. The van der Waals surface area contributed by atoms with Crippen LogP contribution < -0.4 is 5.32 Å². The van der Waals surface area contributed by atoms with Gasteiger partial charge in [-0.1, -0.05) is 80.6 Å². The lowest BCUT2D eigenvalue weighted by Crippen LogP contribution is -2.48. The zero-order valence-corrected chi connectivity index (χ0v) is 21.6. The van der Waals surface area contributed by atoms with Crippen molar-refractivity contribution in [3.8, 4) is 16.9 Å². The number of carbonyl (C=O) groups is 2. The molecule has 0 aromatic heterocycles. The summed E-state index contributed by atoms with van der Waals surface area (Å²) in [6.07, 6.45) is 1.42. The number of nitrogens with zero attached hydrogens (tertiary/aromatic N) is 1. The second-order valence-electron chi connectivity index (χ2n) is 10.4. The van der Waals surface area contributed by atoms with Crippen LogP contribution in [0.3, 0.4) is 0 Å². The van der Waals surface area contributed by atoms with Gasteiger partial charge in [0, 0.05) is 25.9 Å². The van der Waals surface area contributed by atoms with Gasteiger partial charge in [0.1, 0.15) is 11.8 Å². The monoisotopic (exact) mass is 500 g/mol. The largest absolute Gasteiger partial charge is 0.508 e. The van der Waals surface area contributed by atoms with Gasteiger partial charge in [-0.2, -0.15) is 0 Å². The van der Waals surface area contributed by atoms with Gasteiger partial charge in [0.15, 0.2) is 0 Å². The molecule has 3 atom stereocenters. The summed E-state index contributed by atoms with van der Waals surface area (Å²) < 4.78 is 0. The Kier molecular flexibility index (Phi) is 8.29. The van der Waals surface area contributed by atoms with Crippen molar-refractivity contribution in [2.45, 2.75) is 44.6 Å². The molecule has 0 radical (unpaired) electrons. The normalized spacial score (nSPS) is 20.8. The van der Waals surface area contributed by atoms with Crippen molar-refractivity contribution in [1.82, 2.24) is 10.2 Å². The second-order valence-corrected chi connectivity index (χ2v) is 10.4. The number of hydrogen-bond donors (Lipinski definition) is 3. The molecule has 0 saturated carbocycles. The number of likely N-dealkylation sites (tertiary alicyclic amines) is 1. The van der Waals surface area contributed by atoms with Crippen molar-refractivity contribution in [2.75, 3.05) is 19.6 Å². The molecule has 3 aromatic carbocycles. The standard InChI is InChI=1S/C31H36N2O4/c1-22-21-33(18-16-31(22,2)26-9-6-10-27(34)20-26)17-15-29(35)32-28(30(36)37)19-23-11-13-25(14-12-23)24-7-4-3-5-8-24/h3-14,20,22,28,34H,15-19,21H2,1-2H3,(H,32,35)(H,36,37)/t22-,28-,31+/m0/s1. The number of rotatable bonds is 9. The van der Waals surface area contributed by atoms with Crippen LogP contribution in [-0.4, -0.2) is 52.7 Å². The fourth-order valence-corrected chi connectivity index (χ4v) is 5.24. The smallest absolute Gasteiger partial charge is 0.326 e. The maximum atomic E-state index is 12.7. The first-order valence-corrected chi connectivity index (χ1v) is 12.9. The van der Waals surface area contributed by atoms with Crippen molar-refractivity contribution in [2.24, 2.45) is 5.92 Å². The zero-order valence-electron chi connectivity index (χ0n) is 21.6. The van der Waals surface area contributed by atoms with Gasteiger partial charge in [0.2, 0.25) is 5.91 Å². The van der Waals surface area contributed by atoms with Crippen LogP contribution in [0.1, 0.15) is 37.8 Å². The van der Waals surface area contributed by atoms with E-state index in [0.29, 0.717) is 12.5 Å². The summed E-state index contributed by atoms with van der Waals surface area (Å²) in [5.74, 6) is -0.655. The van der Waals surface area contributed by atoms with E-state index >= 15 is 0 Å². The number of carbonyl (C=O) groups excluding carboxylic acids is 1. The summed E-state index contributed by atoms with van der Waals surface area (Å²) in [6, 6.07) is 24.3. The van der Waals surface area contributed by atoms with Crippen molar-refractivity contribution >= 4 is 11.9 Å². The van der Waals surface area contributed by atoms with Crippen LogP contribution in [0, 0.1) is 5.92 Å². The Morgan fingerprint density at radius 2 is 1.73 bits per heavy atom. The average molecular weight is 501 g/mol. The summed E-state index contributed by atoms with van der Waals surface area (Å²) in [7, 11) is 0. The predicted molar refractivity (Wildman–Crippen MR) is 145 cm³/mol. The zero-order chi connectivity index (χ0) is 26.4. The predicted octanol–water partition coefficient (Wildman–Crippen LogP) is 4.86. The first kappa shape index (κ1) is 26.4. The number of aromatic hydroxyl groups is 1. The lowest BCUT2D eigenvalue weighted by Gasteiger charge is -2.45. The van der Waals surface area contributed by atoms with E-state index in [4.69, 9.17) is 0 Å². The summed E-state index contributed by atoms with van der Waals surface area (Å²) in [5.41, 5.74) is 4.13. The number of carboxylic acids is 1. The first-order valence-electron chi connectivity index (χ1n) is 12.9. The van der Waals surface area contributed by atoms with Gasteiger partial charge in [-0.25, -0.2) is 4.79 Å². The third-order valence-electron chi connectivity index (χ3n) is 7.86. The molecule has 1 amide bonds. The minimum Gasteiger partial charge on any atom is -0.508 e. The molecule has 1 heterocycles. The average Bonchev–Trinajstić information content (AvgIpc) is 2.90. The van der Waals surface area contributed by atoms with Crippen LogP contribution in [0.5, 0.6) is 5.75 Å². The molecule has 3 N–H and O–H groups in total. The van der Waals surface area contributed by atoms with E-state index in [1.807, 2.05) is 66.7 Å². The second kappa shape index (κ2) is 11.6. The van der Waals surface area contributed by atoms with Crippen molar-refractivity contribution in [3.05, 3.63) is 90.0 Å². The quantitative estimate of drug-likeness (QED) is 0.390. The highest BCUT2D eigenvalue weighted by Gasteiger charge is 2.38. The van der Waals surface area contributed by atoms with E-state index < -0.39 is 12.0 Å². The van der Waals surface area contributed by atoms with Gasteiger partial charge in [0.25, 0.3) is 0 Å². The van der Waals surface area contributed by atoms with E-state index in [-0.39, 0.29) is 29.9 Å². The van der Waals surface area contributed by atoms with Crippen LogP contribution >= 0.6 is 0 Å². The Bertz CT molecular complexity index is 1210. The van der Waals surface area contributed by atoms with Crippen molar-refractivity contribution in [1.29, 1.82) is 0 Å². The molecule has 0 unspecified atom stereocenters. The van der Waals surface area contributed by atoms with E-state index in [2.05, 4.69) is 30.1 Å². The van der Waals surface area contributed by atoms with Gasteiger partial charge in [-0.05, 0) is 58.7 Å². The number of hydrogen-bond acceptors (Lipinski definition) is 4. The van der Waals surface area contributed by atoms with Crippen LogP contribution in [0.4, 0.5) is 0 Å². The van der Waals surface area contributed by atoms with E-state index in [1.165, 1.54) is 0 Å². The number of nitrogens with one attached hydrogen (secondary N) is 1. The van der Waals surface area contributed by atoms with Gasteiger partial charge in [-0.15, -0.1) is 0 Å². The molecule has 1 fully saturated rings. The molecule has 1 aliphatic heterocycles. The fourth-order valence-electron chi connectivity index (χ4n) is 5.24. The minimum atomic E-state index is -1.03. The molecule has 37 heavy (non-hydrogen) atoms. The van der Waals surface area contributed by atoms with Crippen LogP contribution in [-0.2, 0) is 21.4 Å². The number of phenols is 1. The van der Waals surface area contributed by atoms with Crippen LogP contribution in [0.2, 0.25) is 0 Å². The molecule has 0 aliphatic carbocycles. The Morgan fingerprint density at radius 1 is 1.03 bits per heavy atom. The summed E-state index contributed by atoms with van der Waals surface area (Å²) >= 11 is 0. The SMILES string of the molecule is C[C@H]1CN(CCC(=O)N[C@@H](Cc2ccc(-c3ccccc3)cc2)C(=O)O)CC[C@@]1(C)c1cccc(O)c1. The van der Waals surface area contributed by atoms with E-state index in [9.17, 15) is 19.8 Å². The molecule has 3 aromatic rings. The maximum absolute atomic E-state index is 12.7. The molecule has 4 rings (SSSR count). The fraction of sp³-hybridized carbons (Fsp3) is 0.355.